The van der Waals surface area contributed by atoms with Crippen LogP contribution in [0.4, 0.5) is 10.5 Å². The van der Waals surface area contributed by atoms with Crippen molar-refractivity contribution in [3.8, 4) is 5.75 Å². The summed E-state index contributed by atoms with van der Waals surface area (Å²) >= 11 is 0. The van der Waals surface area contributed by atoms with Gasteiger partial charge in [-0.1, -0.05) is 50.2 Å². The largest absolute Gasteiger partial charge is 0.497 e. The predicted molar refractivity (Wildman–Crippen MR) is 123 cm³/mol. The predicted octanol–water partition coefficient (Wildman–Crippen LogP) is 5.18. The maximum atomic E-state index is 12.6. The minimum atomic E-state index is -0.297. The third-order valence-corrected chi connectivity index (χ3v) is 6.23. The van der Waals surface area contributed by atoms with E-state index < -0.39 is 0 Å². The molecule has 0 atom stereocenters. The molecule has 0 saturated carbocycles. The normalized spacial score (nSPS) is 17.8. The third kappa shape index (κ3) is 4.68. The van der Waals surface area contributed by atoms with Crippen molar-refractivity contribution in [1.29, 1.82) is 0 Å². The molecular formula is C25H31N3O3. The average molecular weight is 422 g/mol. The molecule has 6 nitrogen and oxygen atoms in total. The monoisotopic (exact) mass is 421 g/mol. The molecule has 2 aromatic rings. The Labute approximate surface area is 184 Å². The molecule has 1 fully saturated rings. The minimum absolute atomic E-state index is 0.0862. The van der Waals surface area contributed by atoms with Crippen LogP contribution < -0.4 is 10.1 Å². The van der Waals surface area contributed by atoms with Crippen molar-refractivity contribution in [2.45, 2.75) is 51.0 Å². The first-order valence-electron chi connectivity index (χ1n) is 10.8. The molecule has 164 valence electrons. The number of oxime groups is 1. The summed E-state index contributed by atoms with van der Waals surface area (Å²) in [6.45, 7) is 7.94. The van der Waals surface area contributed by atoms with E-state index in [1.165, 1.54) is 5.56 Å². The number of carbonyl (C=O) groups excluding carboxylic acids is 1. The van der Waals surface area contributed by atoms with Gasteiger partial charge in [0, 0.05) is 38.0 Å². The molecule has 2 amide bonds. The molecule has 0 unspecified atom stereocenters. The molecule has 1 saturated heterocycles. The molecule has 4 rings (SSSR count). The lowest BCUT2D eigenvalue weighted by Gasteiger charge is -2.37. The van der Waals surface area contributed by atoms with Crippen LogP contribution in [0, 0.1) is 0 Å². The number of anilines is 1. The molecule has 31 heavy (non-hydrogen) atoms. The van der Waals surface area contributed by atoms with Crippen LogP contribution in [-0.2, 0) is 10.3 Å². The Hall–Kier alpha value is -3.02. The molecule has 1 N–H and O–H groups in total. The molecule has 0 aliphatic carbocycles. The number of nitrogens with one attached hydrogen (secondary N) is 1. The highest BCUT2D eigenvalue weighted by molar-refractivity contribution is 6.01. The van der Waals surface area contributed by atoms with Crippen molar-refractivity contribution in [3.63, 3.8) is 0 Å². The summed E-state index contributed by atoms with van der Waals surface area (Å²) in [4.78, 5) is 20.4. The smallest absolute Gasteiger partial charge is 0.321 e. The van der Waals surface area contributed by atoms with E-state index in [1.807, 2.05) is 29.2 Å². The average Bonchev–Trinajstić information content (AvgIpc) is 3.17. The Bertz CT molecular complexity index is 951. The number of ether oxygens (including phenoxy) is 1. The number of rotatable bonds is 3. The summed E-state index contributed by atoms with van der Waals surface area (Å²) in [6.07, 6.45) is 2.34. The fourth-order valence-electron chi connectivity index (χ4n) is 4.10. The number of piperidine rings is 1. The van der Waals surface area contributed by atoms with Crippen molar-refractivity contribution in [1.82, 2.24) is 4.90 Å². The van der Waals surface area contributed by atoms with Gasteiger partial charge in [-0.05, 0) is 40.8 Å². The van der Waals surface area contributed by atoms with Gasteiger partial charge >= 0.3 is 6.03 Å². The maximum absolute atomic E-state index is 12.6. The van der Waals surface area contributed by atoms with Crippen LogP contribution in [0.1, 0.15) is 51.2 Å². The van der Waals surface area contributed by atoms with Crippen LogP contribution in [0.2, 0.25) is 0 Å². The summed E-state index contributed by atoms with van der Waals surface area (Å²) < 4.78 is 5.16. The highest BCUT2D eigenvalue weighted by Gasteiger charge is 2.43. The number of hydrogen-bond donors (Lipinski definition) is 1. The van der Waals surface area contributed by atoms with Crippen molar-refractivity contribution in [2.24, 2.45) is 5.16 Å². The van der Waals surface area contributed by atoms with Crippen LogP contribution >= 0.6 is 0 Å². The van der Waals surface area contributed by atoms with Gasteiger partial charge in [-0.25, -0.2) is 4.79 Å². The first-order valence-corrected chi connectivity index (χ1v) is 10.8. The Morgan fingerprint density at radius 1 is 1.06 bits per heavy atom. The first kappa shape index (κ1) is 21.2. The summed E-state index contributed by atoms with van der Waals surface area (Å²) in [7, 11) is 1.62. The second-order valence-electron chi connectivity index (χ2n) is 9.46. The van der Waals surface area contributed by atoms with E-state index in [0.717, 1.165) is 42.0 Å². The number of urea groups is 1. The number of amides is 2. The van der Waals surface area contributed by atoms with Gasteiger partial charge in [0.05, 0.1) is 12.8 Å². The fraction of sp³-hybridized carbons (Fsp3) is 0.440. The Kier molecular flexibility index (Phi) is 5.65. The van der Waals surface area contributed by atoms with Crippen LogP contribution in [0.5, 0.6) is 5.75 Å². The van der Waals surface area contributed by atoms with Gasteiger partial charge in [-0.3, -0.25) is 0 Å². The molecule has 0 radical (unpaired) electrons. The molecule has 2 aliphatic heterocycles. The fourth-order valence-corrected chi connectivity index (χ4v) is 4.10. The van der Waals surface area contributed by atoms with Gasteiger partial charge in [-0.2, -0.15) is 0 Å². The Morgan fingerprint density at radius 2 is 1.71 bits per heavy atom. The maximum Gasteiger partial charge on any atom is 0.321 e. The number of hydrogen-bond acceptors (Lipinski definition) is 4. The molecule has 2 heterocycles. The summed E-state index contributed by atoms with van der Waals surface area (Å²) in [5.74, 6) is 0.764. The molecular weight excluding hydrogens is 390 g/mol. The van der Waals surface area contributed by atoms with E-state index in [4.69, 9.17) is 9.57 Å². The van der Waals surface area contributed by atoms with E-state index >= 15 is 0 Å². The zero-order chi connectivity index (χ0) is 22.1. The minimum Gasteiger partial charge on any atom is -0.497 e. The van der Waals surface area contributed by atoms with Gasteiger partial charge in [0.25, 0.3) is 0 Å². The van der Waals surface area contributed by atoms with Crippen molar-refractivity contribution in [3.05, 3.63) is 59.7 Å². The van der Waals surface area contributed by atoms with E-state index in [2.05, 4.69) is 55.5 Å². The SMILES string of the molecule is COc1ccc(NC(=O)N2CCC3(CC2)CC(c2ccc(C(C)(C)C)cc2)=NO3)cc1. The Morgan fingerprint density at radius 3 is 2.29 bits per heavy atom. The summed E-state index contributed by atoms with van der Waals surface area (Å²) in [5.41, 5.74) is 4.01. The number of methoxy groups -OCH3 is 1. The molecule has 2 aromatic carbocycles. The zero-order valence-electron chi connectivity index (χ0n) is 18.8. The highest BCUT2D eigenvalue weighted by atomic mass is 16.7. The number of likely N-dealkylation sites (tertiary alicyclic amines) is 1. The van der Waals surface area contributed by atoms with Gasteiger partial charge < -0.3 is 19.8 Å². The van der Waals surface area contributed by atoms with Crippen molar-refractivity contribution in [2.75, 3.05) is 25.5 Å². The van der Waals surface area contributed by atoms with Crippen molar-refractivity contribution < 1.29 is 14.4 Å². The summed E-state index contributed by atoms with van der Waals surface area (Å²) in [5, 5.41) is 7.37. The quantitative estimate of drug-likeness (QED) is 0.742. The van der Waals surface area contributed by atoms with Gasteiger partial charge in [-0.15, -0.1) is 0 Å². The lowest BCUT2D eigenvalue weighted by atomic mass is 9.84. The van der Waals surface area contributed by atoms with Crippen LogP contribution in [0.3, 0.4) is 0 Å². The van der Waals surface area contributed by atoms with Crippen LogP contribution in [0.15, 0.2) is 53.7 Å². The number of nitrogens with zero attached hydrogens (tertiary/aromatic N) is 2. The molecule has 1 spiro atoms. The molecule has 2 aliphatic rings. The van der Waals surface area contributed by atoms with E-state index in [9.17, 15) is 4.79 Å². The molecule has 0 aromatic heterocycles. The first-order chi connectivity index (χ1) is 14.8. The second-order valence-corrected chi connectivity index (χ2v) is 9.46. The van der Waals surface area contributed by atoms with Crippen molar-refractivity contribution >= 4 is 17.4 Å². The van der Waals surface area contributed by atoms with Gasteiger partial charge in [0.2, 0.25) is 0 Å². The van der Waals surface area contributed by atoms with Gasteiger partial charge in [0.1, 0.15) is 11.4 Å². The standard InChI is InChI=1S/C25H31N3O3/c1-24(2,3)19-7-5-18(6-8-19)22-17-25(31-27-22)13-15-28(16-14-25)23(29)26-20-9-11-21(30-4)12-10-20/h5-12H,13-17H2,1-4H3,(H,26,29). The topological polar surface area (TPSA) is 63.2 Å². The van der Waals surface area contributed by atoms with Gasteiger partial charge in [0.15, 0.2) is 0 Å². The van der Waals surface area contributed by atoms with Crippen LogP contribution in [-0.4, -0.2) is 42.4 Å². The van der Waals surface area contributed by atoms with E-state index in [-0.39, 0.29) is 17.0 Å². The number of carbonyl (C=O) groups is 1. The lowest BCUT2D eigenvalue weighted by molar-refractivity contribution is -0.0544. The van der Waals surface area contributed by atoms with E-state index in [1.54, 1.807) is 7.11 Å². The zero-order valence-corrected chi connectivity index (χ0v) is 18.8. The highest BCUT2D eigenvalue weighted by Crippen LogP contribution is 2.36. The molecule has 6 heteroatoms. The van der Waals surface area contributed by atoms with E-state index in [0.29, 0.717) is 13.1 Å². The summed E-state index contributed by atoms with van der Waals surface area (Å²) in [6, 6.07) is 15.9. The third-order valence-electron chi connectivity index (χ3n) is 6.23. The second kappa shape index (κ2) is 8.25. The number of benzene rings is 2. The van der Waals surface area contributed by atoms with Crippen LogP contribution in [0.25, 0.3) is 0 Å². The Balaban J connectivity index is 1.32. The lowest BCUT2D eigenvalue weighted by Crippen LogP contribution is -2.48. The molecule has 0 bridgehead atoms.